The van der Waals surface area contributed by atoms with Crippen LogP contribution < -0.4 is 10.9 Å². The van der Waals surface area contributed by atoms with E-state index in [0.717, 1.165) is 12.1 Å². The molecule has 0 fully saturated rings. The highest BCUT2D eigenvalue weighted by atomic mass is 32.2. The molecule has 0 spiro atoms. The fourth-order valence-corrected chi connectivity index (χ4v) is 2.99. The minimum Gasteiger partial charge on any atom is -0.355 e. The summed E-state index contributed by atoms with van der Waals surface area (Å²) in [6.45, 7) is 6.36. The summed E-state index contributed by atoms with van der Waals surface area (Å²) in [4.78, 5) is 31.0. The summed E-state index contributed by atoms with van der Waals surface area (Å²) in [7, 11) is 0. The number of aromatic nitrogens is 2. The van der Waals surface area contributed by atoms with Gasteiger partial charge in [-0.15, -0.1) is 0 Å². The molecule has 0 saturated carbocycles. The van der Waals surface area contributed by atoms with Crippen LogP contribution in [0.3, 0.4) is 0 Å². The zero-order chi connectivity index (χ0) is 17.5. The second-order valence-electron chi connectivity index (χ2n) is 5.92. The van der Waals surface area contributed by atoms with Crippen molar-refractivity contribution in [2.24, 2.45) is 0 Å². The van der Waals surface area contributed by atoms with Gasteiger partial charge in [-0.05, 0) is 24.8 Å². The molecule has 1 unspecified atom stereocenters. The second-order valence-corrected chi connectivity index (χ2v) is 7.25. The molecule has 0 bridgehead atoms. The van der Waals surface area contributed by atoms with Crippen molar-refractivity contribution in [2.45, 2.75) is 43.5 Å². The van der Waals surface area contributed by atoms with Crippen molar-refractivity contribution in [2.75, 3.05) is 6.54 Å². The Morgan fingerprint density at radius 3 is 2.62 bits per heavy atom. The van der Waals surface area contributed by atoms with Crippen molar-refractivity contribution >= 4 is 17.7 Å². The molecule has 1 atom stereocenters. The van der Waals surface area contributed by atoms with Crippen molar-refractivity contribution < 1.29 is 4.79 Å². The first-order valence-electron chi connectivity index (χ1n) is 8.05. The number of carbonyl (C=O) groups is 1. The molecule has 6 heteroatoms. The lowest BCUT2D eigenvalue weighted by Gasteiger charge is -2.12. The average Bonchev–Trinajstić information content (AvgIpc) is 2.55. The fraction of sp³-hybridized carbons (Fsp3) is 0.389. The molecule has 2 N–H and O–H groups in total. The van der Waals surface area contributed by atoms with Gasteiger partial charge in [0.2, 0.25) is 5.91 Å². The number of carbonyl (C=O) groups excluding carboxylic acids is 1. The van der Waals surface area contributed by atoms with Crippen molar-refractivity contribution in [3.8, 4) is 0 Å². The van der Waals surface area contributed by atoms with Gasteiger partial charge in [0.05, 0.1) is 10.9 Å². The van der Waals surface area contributed by atoms with Gasteiger partial charge in [-0.1, -0.05) is 55.9 Å². The predicted molar refractivity (Wildman–Crippen MR) is 97.4 cm³/mol. The van der Waals surface area contributed by atoms with E-state index in [1.165, 1.54) is 23.4 Å². The number of amides is 1. The van der Waals surface area contributed by atoms with E-state index in [1.54, 1.807) is 0 Å². The molecule has 24 heavy (non-hydrogen) atoms. The molecule has 0 radical (unpaired) electrons. The Kier molecular flexibility index (Phi) is 6.61. The summed E-state index contributed by atoms with van der Waals surface area (Å²) in [5.41, 5.74) is 1.74. The third-order valence-electron chi connectivity index (χ3n) is 3.54. The SMILES string of the molecule is CC(Sc1nc(C(C)C)cc(=O)[nH]1)C(=O)NCCc1ccccc1. The molecule has 1 aromatic heterocycles. The van der Waals surface area contributed by atoms with Crippen LogP contribution in [0.25, 0.3) is 0 Å². The highest BCUT2D eigenvalue weighted by Crippen LogP contribution is 2.20. The number of nitrogens with zero attached hydrogens (tertiary/aromatic N) is 1. The molecule has 2 rings (SSSR count). The number of aromatic amines is 1. The molecule has 1 amide bonds. The Labute approximate surface area is 146 Å². The van der Waals surface area contributed by atoms with Gasteiger partial charge in [0.15, 0.2) is 5.16 Å². The van der Waals surface area contributed by atoms with Crippen LogP contribution in [0.2, 0.25) is 0 Å². The van der Waals surface area contributed by atoms with Crippen LogP contribution in [0.1, 0.15) is 37.9 Å². The van der Waals surface area contributed by atoms with Crippen LogP contribution in [-0.4, -0.2) is 27.7 Å². The number of hydrogen-bond donors (Lipinski definition) is 2. The van der Waals surface area contributed by atoms with Gasteiger partial charge >= 0.3 is 0 Å². The molecule has 128 valence electrons. The molecule has 1 heterocycles. The van der Waals surface area contributed by atoms with Crippen molar-refractivity contribution in [3.05, 3.63) is 58.0 Å². The Morgan fingerprint density at radius 1 is 1.25 bits per heavy atom. The topological polar surface area (TPSA) is 74.8 Å². The first kappa shape index (κ1) is 18.3. The lowest BCUT2D eigenvalue weighted by molar-refractivity contribution is -0.120. The first-order valence-corrected chi connectivity index (χ1v) is 8.93. The summed E-state index contributed by atoms with van der Waals surface area (Å²) >= 11 is 1.26. The van der Waals surface area contributed by atoms with E-state index in [4.69, 9.17) is 0 Å². The second kappa shape index (κ2) is 8.68. The van der Waals surface area contributed by atoms with Crippen molar-refractivity contribution in [3.63, 3.8) is 0 Å². The van der Waals surface area contributed by atoms with E-state index in [1.807, 2.05) is 51.1 Å². The maximum atomic E-state index is 12.2. The monoisotopic (exact) mass is 345 g/mol. The zero-order valence-corrected chi connectivity index (χ0v) is 15.0. The standard InChI is InChI=1S/C18H23N3O2S/c1-12(2)15-11-16(22)21-18(20-15)24-13(3)17(23)19-10-9-14-7-5-4-6-8-14/h4-8,11-13H,9-10H2,1-3H3,(H,19,23)(H,20,21,22). The molecular weight excluding hydrogens is 322 g/mol. The van der Waals surface area contributed by atoms with Crippen LogP contribution in [0.15, 0.2) is 46.3 Å². The molecule has 0 aliphatic heterocycles. The van der Waals surface area contributed by atoms with Gasteiger partial charge in [0.1, 0.15) is 0 Å². The van der Waals surface area contributed by atoms with Crippen LogP contribution in [0, 0.1) is 0 Å². The zero-order valence-electron chi connectivity index (χ0n) is 14.2. The normalized spacial score (nSPS) is 12.2. The van der Waals surface area contributed by atoms with Crippen LogP contribution in [0.5, 0.6) is 0 Å². The van der Waals surface area contributed by atoms with Gasteiger partial charge in [0, 0.05) is 12.6 Å². The molecular formula is C18H23N3O2S. The quantitative estimate of drug-likeness (QED) is 0.598. The molecule has 0 aliphatic rings. The number of rotatable bonds is 7. The Hall–Kier alpha value is -2.08. The van der Waals surface area contributed by atoms with Crippen molar-refractivity contribution in [1.82, 2.24) is 15.3 Å². The maximum Gasteiger partial charge on any atom is 0.251 e. The summed E-state index contributed by atoms with van der Waals surface area (Å²) in [5, 5.41) is 3.08. The van der Waals surface area contributed by atoms with Gasteiger partial charge in [-0.2, -0.15) is 0 Å². The van der Waals surface area contributed by atoms with E-state index < -0.39 is 0 Å². The summed E-state index contributed by atoms with van der Waals surface area (Å²) in [6.07, 6.45) is 0.794. The van der Waals surface area contributed by atoms with Crippen LogP contribution >= 0.6 is 11.8 Å². The summed E-state index contributed by atoms with van der Waals surface area (Å²) in [5.74, 6) is 0.107. The fourth-order valence-electron chi connectivity index (χ4n) is 2.14. The molecule has 1 aromatic carbocycles. The molecule has 2 aromatic rings. The number of thioether (sulfide) groups is 1. The number of nitrogens with one attached hydrogen (secondary N) is 2. The lowest BCUT2D eigenvalue weighted by atomic mass is 10.1. The molecule has 0 saturated heterocycles. The van der Waals surface area contributed by atoms with E-state index in [-0.39, 0.29) is 22.6 Å². The Balaban J connectivity index is 1.88. The Morgan fingerprint density at radius 2 is 1.96 bits per heavy atom. The van der Waals surface area contributed by atoms with Gasteiger partial charge < -0.3 is 10.3 Å². The minimum absolute atomic E-state index is 0.0615. The van der Waals surface area contributed by atoms with Crippen LogP contribution in [0.4, 0.5) is 0 Å². The van der Waals surface area contributed by atoms with Crippen molar-refractivity contribution in [1.29, 1.82) is 0 Å². The van der Waals surface area contributed by atoms with E-state index >= 15 is 0 Å². The minimum atomic E-state index is -0.327. The smallest absolute Gasteiger partial charge is 0.251 e. The Bertz CT molecular complexity index is 729. The highest BCUT2D eigenvalue weighted by Gasteiger charge is 2.16. The van der Waals surface area contributed by atoms with Crippen LogP contribution in [-0.2, 0) is 11.2 Å². The summed E-state index contributed by atoms with van der Waals surface area (Å²) in [6, 6.07) is 11.5. The largest absolute Gasteiger partial charge is 0.355 e. The van der Waals surface area contributed by atoms with Gasteiger partial charge in [-0.25, -0.2) is 4.98 Å². The van der Waals surface area contributed by atoms with E-state index in [0.29, 0.717) is 11.7 Å². The third kappa shape index (κ3) is 5.53. The number of benzene rings is 1. The lowest BCUT2D eigenvalue weighted by Crippen LogP contribution is -2.32. The maximum absolute atomic E-state index is 12.2. The molecule has 5 nitrogen and oxygen atoms in total. The van der Waals surface area contributed by atoms with Gasteiger partial charge in [0.25, 0.3) is 5.56 Å². The summed E-state index contributed by atoms with van der Waals surface area (Å²) < 4.78 is 0. The van der Waals surface area contributed by atoms with Gasteiger partial charge in [-0.3, -0.25) is 9.59 Å². The molecule has 0 aliphatic carbocycles. The third-order valence-corrected chi connectivity index (χ3v) is 4.53. The van der Waals surface area contributed by atoms with E-state index in [9.17, 15) is 9.59 Å². The van der Waals surface area contributed by atoms with E-state index in [2.05, 4.69) is 15.3 Å². The predicted octanol–water partition coefficient (Wildman–Crippen LogP) is 2.73. The first-order chi connectivity index (χ1) is 11.5. The number of hydrogen-bond acceptors (Lipinski definition) is 4. The average molecular weight is 345 g/mol. The highest BCUT2D eigenvalue weighted by molar-refractivity contribution is 8.00. The number of H-pyrrole nitrogens is 1.